The summed E-state index contributed by atoms with van der Waals surface area (Å²) in [4.78, 5) is 0. The molecule has 0 radical (unpaired) electrons. The fourth-order valence-electron chi connectivity index (χ4n) is 2.00. The second kappa shape index (κ2) is 6.53. The lowest BCUT2D eigenvalue weighted by atomic mass is 10.0. The standard InChI is InChI=1S/C17H20FNO/c1-12(2)19-11-13-4-9-17(18)16(10-13)14-5-7-15(20-3)8-6-14/h4-10,12,19H,11H2,1-3H3. The fourth-order valence-corrected chi connectivity index (χ4v) is 2.00. The first-order valence-electron chi connectivity index (χ1n) is 6.76. The number of rotatable bonds is 5. The van der Waals surface area contributed by atoms with E-state index in [1.807, 2.05) is 36.4 Å². The smallest absolute Gasteiger partial charge is 0.131 e. The highest BCUT2D eigenvalue weighted by atomic mass is 19.1. The Hall–Kier alpha value is -1.87. The fraction of sp³-hybridized carbons (Fsp3) is 0.294. The summed E-state index contributed by atoms with van der Waals surface area (Å²) in [5.41, 5.74) is 2.55. The number of benzene rings is 2. The van der Waals surface area contributed by atoms with Crippen LogP contribution in [0, 0.1) is 5.82 Å². The van der Waals surface area contributed by atoms with Crippen LogP contribution in [-0.2, 0) is 6.54 Å². The van der Waals surface area contributed by atoms with Gasteiger partial charge in [0.2, 0.25) is 0 Å². The summed E-state index contributed by atoms with van der Waals surface area (Å²) in [6.07, 6.45) is 0. The van der Waals surface area contributed by atoms with Crippen molar-refractivity contribution in [3.63, 3.8) is 0 Å². The average Bonchev–Trinajstić information content (AvgIpc) is 2.46. The maximum absolute atomic E-state index is 14.0. The van der Waals surface area contributed by atoms with Gasteiger partial charge in [-0.3, -0.25) is 0 Å². The molecule has 0 aliphatic heterocycles. The lowest BCUT2D eigenvalue weighted by molar-refractivity contribution is 0.415. The Labute approximate surface area is 119 Å². The minimum absolute atomic E-state index is 0.205. The highest BCUT2D eigenvalue weighted by Gasteiger charge is 2.07. The van der Waals surface area contributed by atoms with Crippen molar-refractivity contribution < 1.29 is 9.13 Å². The molecule has 0 amide bonds. The predicted molar refractivity (Wildman–Crippen MR) is 80.4 cm³/mol. The van der Waals surface area contributed by atoms with E-state index in [2.05, 4.69) is 19.2 Å². The van der Waals surface area contributed by atoms with E-state index >= 15 is 0 Å². The van der Waals surface area contributed by atoms with Crippen molar-refractivity contribution in [2.75, 3.05) is 7.11 Å². The van der Waals surface area contributed by atoms with Crippen LogP contribution in [0.25, 0.3) is 11.1 Å². The molecule has 106 valence electrons. The van der Waals surface area contributed by atoms with Crippen LogP contribution >= 0.6 is 0 Å². The number of halogens is 1. The lowest BCUT2D eigenvalue weighted by Crippen LogP contribution is -2.21. The molecule has 0 aliphatic carbocycles. The third-order valence-electron chi connectivity index (χ3n) is 3.15. The molecule has 0 aliphatic rings. The summed E-state index contributed by atoms with van der Waals surface area (Å²) in [5, 5.41) is 3.34. The number of hydrogen-bond donors (Lipinski definition) is 1. The molecular formula is C17H20FNO. The first kappa shape index (κ1) is 14.5. The molecule has 0 unspecified atom stereocenters. The Morgan fingerprint density at radius 3 is 2.40 bits per heavy atom. The van der Waals surface area contributed by atoms with E-state index in [1.54, 1.807) is 7.11 Å². The van der Waals surface area contributed by atoms with E-state index in [4.69, 9.17) is 4.74 Å². The van der Waals surface area contributed by atoms with Crippen LogP contribution in [0.5, 0.6) is 5.75 Å². The van der Waals surface area contributed by atoms with Gasteiger partial charge in [-0.2, -0.15) is 0 Å². The summed E-state index contributed by atoms with van der Waals surface area (Å²) < 4.78 is 19.1. The Kier molecular flexibility index (Phi) is 4.74. The van der Waals surface area contributed by atoms with Crippen molar-refractivity contribution >= 4 is 0 Å². The molecule has 0 saturated heterocycles. The molecule has 2 nitrogen and oxygen atoms in total. The van der Waals surface area contributed by atoms with Gasteiger partial charge in [0, 0.05) is 18.2 Å². The predicted octanol–water partition coefficient (Wildman–Crippen LogP) is 4.00. The van der Waals surface area contributed by atoms with Crippen molar-refractivity contribution in [1.82, 2.24) is 5.32 Å². The van der Waals surface area contributed by atoms with Crippen LogP contribution in [0.2, 0.25) is 0 Å². The van der Waals surface area contributed by atoms with E-state index in [9.17, 15) is 4.39 Å². The molecule has 0 atom stereocenters. The monoisotopic (exact) mass is 273 g/mol. The van der Waals surface area contributed by atoms with Gasteiger partial charge in [0.15, 0.2) is 0 Å². The second-order valence-electron chi connectivity index (χ2n) is 5.08. The quantitative estimate of drug-likeness (QED) is 0.889. The van der Waals surface area contributed by atoms with Gasteiger partial charge in [0.05, 0.1) is 7.11 Å². The zero-order valence-electron chi connectivity index (χ0n) is 12.1. The first-order valence-corrected chi connectivity index (χ1v) is 6.76. The van der Waals surface area contributed by atoms with E-state index in [0.29, 0.717) is 11.6 Å². The lowest BCUT2D eigenvalue weighted by Gasteiger charge is -2.11. The molecule has 0 saturated carbocycles. The molecule has 0 bridgehead atoms. The van der Waals surface area contributed by atoms with Crippen LogP contribution in [0.1, 0.15) is 19.4 Å². The van der Waals surface area contributed by atoms with Crippen LogP contribution in [0.4, 0.5) is 4.39 Å². The molecule has 0 aromatic heterocycles. The van der Waals surface area contributed by atoms with E-state index in [0.717, 1.165) is 23.4 Å². The first-order chi connectivity index (χ1) is 9.60. The van der Waals surface area contributed by atoms with Crippen molar-refractivity contribution in [3.05, 3.63) is 53.8 Å². The number of ether oxygens (including phenoxy) is 1. The minimum Gasteiger partial charge on any atom is -0.497 e. The molecule has 20 heavy (non-hydrogen) atoms. The van der Waals surface area contributed by atoms with Gasteiger partial charge < -0.3 is 10.1 Å². The maximum Gasteiger partial charge on any atom is 0.131 e. The molecular weight excluding hydrogens is 253 g/mol. The SMILES string of the molecule is COc1ccc(-c2cc(CNC(C)C)ccc2F)cc1. The molecule has 0 fully saturated rings. The summed E-state index contributed by atoms with van der Waals surface area (Å²) in [6, 6.07) is 13.1. The van der Waals surface area contributed by atoms with Crippen LogP contribution in [-0.4, -0.2) is 13.2 Å². The van der Waals surface area contributed by atoms with E-state index < -0.39 is 0 Å². The molecule has 0 heterocycles. The number of hydrogen-bond acceptors (Lipinski definition) is 2. The largest absolute Gasteiger partial charge is 0.497 e. The van der Waals surface area contributed by atoms with Gasteiger partial charge in [0.25, 0.3) is 0 Å². The molecule has 0 spiro atoms. The summed E-state index contributed by atoms with van der Waals surface area (Å²) >= 11 is 0. The van der Waals surface area contributed by atoms with Crippen molar-refractivity contribution in [2.45, 2.75) is 26.4 Å². The average molecular weight is 273 g/mol. The zero-order chi connectivity index (χ0) is 14.5. The minimum atomic E-state index is -0.205. The van der Waals surface area contributed by atoms with E-state index in [1.165, 1.54) is 6.07 Å². The van der Waals surface area contributed by atoms with Gasteiger partial charge in [-0.25, -0.2) is 4.39 Å². The molecule has 2 aromatic carbocycles. The summed E-state index contributed by atoms with van der Waals surface area (Å²) in [7, 11) is 1.62. The summed E-state index contributed by atoms with van der Waals surface area (Å²) in [5.74, 6) is 0.565. The summed E-state index contributed by atoms with van der Waals surface area (Å²) in [6.45, 7) is 4.92. The van der Waals surface area contributed by atoms with Crippen molar-refractivity contribution in [2.24, 2.45) is 0 Å². The van der Waals surface area contributed by atoms with Gasteiger partial charge in [-0.1, -0.05) is 32.0 Å². The van der Waals surface area contributed by atoms with Crippen LogP contribution in [0.15, 0.2) is 42.5 Å². The van der Waals surface area contributed by atoms with Gasteiger partial charge in [-0.15, -0.1) is 0 Å². The third kappa shape index (κ3) is 3.58. The Bertz CT molecular complexity index is 564. The topological polar surface area (TPSA) is 21.3 Å². The zero-order valence-corrected chi connectivity index (χ0v) is 12.1. The second-order valence-corrected chi connectivity index (χ2v) is 5.08. The third-order valence-corrected chi connectivity index (χ3v) is 3.15. The Balaban J connectivity index is 2.27. The van der Waals surface area contributed by atoms with Gasteiger partial charge in [0.1, 0.15) is 11.6 Å². The maximum atomic E-state index is 14.0. The normalized spacial score (nSPS) is 10.8. The number of methoxy groups -OCH3 is 1. The Morgan fingerprint density at radius 2 is 1.80 bits per heavy atom. The molecule has 2 rings (SSSR count). The van der Waals surface area contributed by atoms with Crippen LogP contribution < -0.4 is 10.1 Å². The van der Waals surface area contributed by atoms with Gasteiger partial charge in [-0.05, 0) is 35.4 Å². The van der Waals surface area contributed by atoms with Crippen LogP contribution in [0.3, 0.4) is 0 Å². The molecule has 3 heteroatoms. The molecule has 2 aromatic rings. The Morgan fingerprint density at radius 1 is 1.10 bits per heavy atom. The highest BCUT2D eigenvalue weighted by Crippen LogP contribution is 2.26. The highest BCUT2D eigenvalue weighted by molar-refractivity contribution is 5.65. The van der Waals surface area contributed by atoms with Crippen molar-refractivity contribution in [3.8, 4) is 16.9 Å². The van der Waals surface area contributed by atoms with Crippen molar-refractivity contribution in [1.29, 1.82) is 0 Å². The molecule has 1 N–H and O–H groups in total. The van der Waals surface area contributed by atoms with Gasteiger partial charge >= 0.3 is 0 Å². The van der Waals surface area contributed by atoms with E-state index in [-0.39, 0.29) is 5.82 Å². The number of nitrogens with one attached hydrogen (secondary N) is 1.